The number of aryl methyl sites for hydroxylation is 1. The van der Waals surface area contributed by atoms with Crippen LogP contribution in [0.15, 0.2) is 65.1 Å². The Labute approximate surface area is 154 Å². The van der Waals surface area contributed by atoms with Crippen LogP contribution >= 0.6 is 0 Å². The van der Waals surface area contributed by atoms with Crippen LogP contribution < -0.4 is 14.3 Å². The molecule has 0 spiro atoms. The van der Waals surface area contributed by atoms with Crippen molar-refractivity contribution in [2.45, 2.75) is 18.7 Å². The van der Waals surface area contributed by atoms with Gasteiger partial charge in [0, 0.05) is 0 Å². The minimum atomic E-state index is -3.70. The van der Waals surface area contributed by atoms with Gasteiger partial charge in [0.25, 0.3) is 10.0 Å². The monoisotopic (exact) mass is 374 g/mol. The Bertz CT molecular complexity index is 875. The average molecular weight is 374 g/mol. The maximum absolute atomic E-state index is 12.2. The lowest BCUT2D eigenvalue weighted by Crippen LogP contribution is -2.18. The first-order chi connectivity index (χ1) is 12.5. The first-order valence-corrected chi connectivity index (χ1v) is 9.56. The van der Waals surface area contributed by atoms with E-state index in [4.69, 9.17) is 9.47 Å². The number of rotatable bonds is 9. The molecule has 0 aliphatic carbocycles. The van der Waals surface area contributed by atoms with E-state index in [2.05, 4.69) is 16.5 Å². The van der Waals surface area contributed by atoms with Crippen LogP contribution in [-0.2, 0) is 10.0 Å². The molecule has 0 aromatic heterocycles. The molecule has 0 saturated heterocycles. The number of ether oxygens (including phenoxy) is 2. The van der Waals surface area contributed by atoms with Crippen molar-refractivity contribution in [2.75, 3.05) is 13.2 Å². The highest BCUT2D eigenvalue weighted by molar-refractivity contribution is 7.89. The van der Waals surface area contributed by atoms with Crippen LogP contribution in [0.5, 0.6) is 11.5 Å². The molecule has 0 radical (unpaired) electrons. The highest BCUT2D eigenvalue weighted by Crippen LogP contribution is 2.28. The second-order valence-electron chi connectivity index (χ2n) is 5.40. The lowest BCUT2D eigenvalue weighted by Gasteiger charge is -2.11. The standard InChI is InChI=1S/C19H22N2O4S/c1-4-12-25-18-11-8-16(13-19(18)24-5-2)14-20-21-26(22,23)17-9-6-15(3)7-10-17/h4,6-11,13-14,21H,1,5,12H2,2-3H3/b20-14+. The molecule has 26 heavy (non-hydrogen) atoms. The normalized spacial score (nSPS) is 11.3. The summed E-state index contributed by atoms with van der Waals surface area (Å²) in [6, 6.07) is 11.8. The molecule has 2 rings (SSSR count). The van der Waals surface area contributed by atoms with Crippen molar-refractivity contribution in [1.82, 2.24) is 4.83 Å². The van der Waals surface area contributed by atoms with Crippen molar-refractivity contribution in [2.24, 2.45) is 5.10 Å². The van der Waals surface area contributed by atoms with Gasteiger partial charge in [0.1, 0.15) is 6.61 Å². The summed E-state index contributed by atoms with van der Waals surface area (Å²) in [6.45, 7) is 8.21. The van der Waals surface area contributed by atoms with Gasteiger partial charge in [-0.1, -0.05) is 30.4 Å². The minimum Gasteiger partial charge on any atom is -0.490 e. The molecule has 6 nitrogen and oxygen atoms in total. The van der Waals surface area contributed by atoms with Crippen molar-refractivity contribution in [3.8, 4) is 11.5 Å². The van der Waals surface area contributed by atoms with E-state index in [0.717, 1.165) is 5.56 Å². The minimum absolute atomic E-state index is 0.156. The molecule has 0 aliphatic rings. The molecule has 1 N–H and O–H groups in total. The van der Waals surface area contributed by atoms with Crippen LogP contribution in [0.25, 0.3) is 0 Å². The summed E-state index contributed by atoms with van der Waals surface area (Å²) in [4.78, 5) is 2.36. The second kappa shape index (κ2) is 9.05. The van der Waals surface area contributed by atoms with Gasteiger partial charge in [0.2, 0.25) is 0 Å². The van der Waals surface area contributed by atoms with Crippen molar-refractivity contribution >= 4 is 16.2 Å². The molecule has 0 atom stereocenters. The molecule has 0 aliphatic heterocycles. The fourth-order valence-corrected chi connectivity index (χ4v) is 2.87. The molecule has 0 unspecified atom stereocenters. The SMILES string of the molecule is C=CCOc1ccc(/C=N/NS(=O)(=O)c2ccc(C)cc2)cc1OCC. The number of hydrogen-bond acceptors (Lipinski definition) is 5. The van der Waals surface area contributed by atoms with Gasteiger partial charge in [-0.05, 0) is 49.7 Å². The zero-order chi connectivity index (χ0) is 19.0. The van der Waals surface area contributed by atoms with E-state index in [1.165, 1.54) is 18.3 Å². The van der Waals surface area contributed by atoms with E-state index in [9.17, 15) is 8.42 Å². The van der Waals surface area contributed by atoms with Crippen LogP contribution in [0.4, 0.5) is 0 Å². The molecule has 2 aromatic carbocycles. The lowest BCUT2D eigenvalue weighted by atomic mass is 10.2. The summed E-state index contributed by atoms with van der Waals surface area (Å²) in [5.41, 5.74) is 1.65. The van der Waals surface area contributed by atoms with E-state index >= 15 is 0 Å². The summed E-state index contributed by atoms with van der Waals surface area (Å²) < 4.78 is 35.5. The van der Waals surface area contributed by atoms with E-state index in [-0.39, 0.29) is 4.90 Å². The van der Waals surface area contributed by atoms with E-state index in [1.54, 1.807) is 36.4 Å². The zero-order valence-electron chi connectivity index (χ0n) is 14.8. The van der Waals surface area contributed by atoms with Gasteiger partial charge in [-0.15, -0.1) is 0 Å². The van der Waals surface area contributed by atoms with Crippen molar-refractivity contribution in [1.29, 1.82) is 0 Å². The Morgan fingerprint density at radius 2 is 1.85 bits per heavy atom. The van der Waals surface area contributed by atoms with E-state index < -0.39 is 10.0 Å². The largest absolute Gasteiger partial charge is 0.490 e. The summed E-state index contributed by atoms with van der Waals surface area (Å²) in [5, 5.41) is 3.83. The maximum atomic E-state index is 12.2. The van der Waals surface area contributed by atoms with Crippen LogP contribution in [0.3, 0.4) is 0 Å². The quantitative estimate of drug-likeness (QED) is 0.415. The van der Waals surface area contributed by atoms with Crippen molar-refractivity contribution < 1.29 is 17.9 Å². The predicted octanol–water partition coefficient (Wildman–Crippen LogP) is 3.27. The Morgan fingerprint density at radius 3 is 2.50 bits per heavy atom. The van der Waals surface area contributed by atoms with Crippen molar-refractivity contribution in [3.05, 3.63) is 66.2 Å². The molecule has 0 heterocycles. The van der Waals surface area contributed by atoms with Crippen LogP contribution in [-0.4, -0.2) is 27.8 Å². The lowest BCUT2D eigenvalue weighted by molar-refractivity contribution is 0.297. The third kappa shape index (κ3) is 5.35. The van der Waals surface area contributed by atoms with Gasteiger partial charge < -0.3 is 9.47 Å². The number of sulfonamides is 1. The molecular formula is C19H22N2O4S. The number of nitrogens with one attached hydrogen (secondary N) is 1. The molecule has 0 bridgehead atoms. The summed E-state index contributed by atoms with van der Waals surface area (Å²) >= 11 is 0. The Balaban J connectivity index is 2.12. The second-order valence-corrected chi connectivity index (χ2v) is 7.07. The van der Waals surface area contributed by atoms with Gasteiger partial charge in [-0.2, -0.15) is 13.5 Å². The topological polar surface area (TPSA) is 77.0 Å². The molecule has 2 aromatic rings. The average Bonchev–Trinajstić information content (AvgIpc) is 2.61. The van der Waals surface area contributed by atoms with E-state index in [0.29, 0.717) is 30.3 Å². The smallest absolute Gasteiger partial charge is 0.276 e. The fraction of sp³-hybridized carbons (Fsp3) is 0.211. The first-order valence-electron chi connectivity index (χ1n) is 8.08. The number of benzene rings is 2. The summed E-state index contributed by atoms with van der Waals surface area (Å²) in [6.07, 6.45) is 3.05. The van der Waals surface area contributed by atoms with Gasteiger partial charge in [0.05, 0.1) is 17.7 Å². The Morgan fingerprint density at radius 1 is 1.12 bits per heavy atom. The fourth-order valence-electron chi connectivity index (χ4n) is 2.08. The molecule has 0 amide bonds. The summed E-state index contributed by atoms with van der Waals surface area (Å²) in [7, 11) is -3.70. The number of nitrogens with zero attached hydrogens (tertiary/aromatic N) is 1. The van der Waals surface area contributed by atoms with Crippen LogP contribution in [0, 0.1) is 6.92 Å². The number of hydrazone groups is 1. The van der Waals surface area contributed by atoms with Gasteiger partial charge in [0.15, 0.2) is 11.5 Å². The molecule has 0 fully saturated rings. The zero-order valence-corrected chi connectivity index (χ0v) is 15.6. The molecule has 7 heteroatoms. The predicted molar refractivity (Wildman–Crippen MR) is 102 cm³/mol. The third-order valence-electron chi connectivity index (χ3n) is 3.34. The van der Waals surface area contributed by atoms with Gasteiger partial charge in [-0.25, -0.2) is 4.83 Å². The van der Waals surface area contributed by atoms with E-state index in [1.807, 2.05) is 13.8 Å². The van der Waals surface area contributed by atoms with Gasteiger partial charge in [-0.3, -0.25) is 0 Å². The van der Waals surface area contributed by atoms with Gasteiger partial charge >= 0.3 is 0 Å². The van der Waals surface area contributed by atoms with Crippen molar-refractivity contribution in [3.63, 3.8) is 0 Å². The molecular weight excluding hydrogens is 352 g/mol. The summed E-state index contributed by atoms with van der Waals surface area (Å²) in [5.74, 6) is 1.14. The molecule has 138 valence electrons. The highest BCUT2D eigenvalue weighted by Gasteiger charge is 2.12. The van der Waals surface area contributed by atoms with Crippen LogP contribution in [0.1, 0.15) is 18.1 Å². The first kappa shape index (κ1) is 19.5. The number of hydrogen-bond donors (Lipinski definition) is 1. The Kier molecular flexibility index (Phi) is 6.80. The molecule has 0 saturated carbocycles. The third-order valence-corrected chi connectivity index (χ3v) is 4.58. The van der Waals surface area contributed by atoms with Crippen LogP contribution in [0.2, 0.25) is 0 Å². The highest BCUT2D eigenvalue weighted by atomic mass is 32.2. The Hall–Kier alpha value is -2.80. The maximum Gasteiger partial charge on any atom is 0.276 e.